The molecule has 0 unspecified atom stereocenters. The number of urea groups is 2. The number of amides is 8. The molecule has 0 radical (unpaired) electrons. The van der Waals surface area contributed by atoms with Gasteiger partial charge in [-0.3, -0.25) is 38.8 Å². The van der Waals surface area contributed by atoms with Crippen molar-refractivity contribution in [3.05, 3.63) is 69.6 Å². The Hall–Kier alpha value is -4.68. The number of rotatable bonds is 4. The van der Waals surface area contributed by atoms with Crippen molar-refractivity contribution in [3.8, 4) is 20.2 Å². The predicted octanol–water partition coefficient (Wildman–Crippen LogP) is 4.32. The standard InChI is InChI=1S/C29H24N4O6S2/c1-15-12-22(21-11-10-18(40-21)14-20-26(36)32(4)29(39)33(5)27(20)37)41-23(15)17-8-6-16(7-9-17)13-19-24(34)30(2)28(38)31(3)25(19)35/h6-14H,1-5H3. The van der Waals surface area contributed by atoms with Crippen molar-refractivity contribution in [2.24, 2.45) is 0 Å². The molecule has 2 aromatic heterocycles. The maximum absolute atomic E-state index is 12.5. The van der Waals surface area contributed by atoms with Crippen molar-refractivity contribution < 1.29 is 28.8 Å². The summed E-state index contributed by atoms with van der Waals surface area (Å²) >= 11 is 3.02. The highest BCUT2D eigenvalue weighted by atomic mass is 32.1. The molecule has 5 rings (SSSR count). The van der Waals surface area contributed by atoms with E-state index in [-0.39, 0.29) is 11.1 Å². The topological polar surface area (TPSA) is 115 Å². The summed E-state index contributed by atoms with van der Waals surface area (Å²) in [6.07, 6.45) is 3.00. The van der Waals surface area contributed by atoms with Crippen LogP contribution in [0.1, 0.15) is 16.0 Å². The maximum atomic E-state index is 12.5. The molecule has 2 aliphatic heterocycles. The van der Waals surface area contributed by atoms with Gasteiger partial charge in [0.05, 0.1) is 0 Å². The second-order valence-corrected chi connectivity index (χ2v) is 11.8. The molecular weight excluding hydrogens is 564 g/mol. The fourth-order valence-electron chi connectivity index (χ4n) is 4.44. The van der Waals surface area contributed by atoms with Gasteiger partial charge in [-0.15, -0.1) is 22.7 Å². The highest BCUT2D eigenvalue weighted by Crippen LogP contribution is 2.41. The molecule has 10 nitrogen and oxygen atoms in total. The minimum atomic E-state index is -0.668. The van der Waals surface area contributed by atoms with Gasteiger partial charge in [0.25, 0.3) is 23.6 Å². The van der Waals surface area contributed by atoms with Gasteiger partial charge in [-0.1, -0.05) is 24.3 Å². The third kappa shape index (κ3) is 4.81. The van der Waals surface area contributed by atoms with E-state index in [0.717, 1.165) is 45.4 Å². The van der Waals surface area contributed by atoms with E-state index >= 15 is 0 Å². The Bertz CT molecular complexity index is 1680. The van der Waals surface area contributed by atoms with E-state index in [1.807, 2.05) is 43.3 Å². The minimum Gasteiger partial charge on any atom is -0.268 e. The van der Waals surface area contributed by atoms with Crippen molar-refractivity contribution in [2.75, 3.05) is 28.2 Å². The van der Waals surface area contributed by atoms with Gasteiger partial charge < -0.3 is 0 Å². The smallest absolute Gasteiger partial charge is 0.268 e. The summed E-state index contributed by atoms with van der Waals surface area (Å²) in [5.41, 5.74) is 2.52. The van der Waals surface area contributed by atoms with Gasteiger partial charge in [0, 0.05) is 47.7 Å². The normalized spacial score (nSPS) is 16.4. The van der Waals surface area contributed by atoms with Crippen LogP contribution in [-0.2, 0) is 19.2 Å². The minimum absolute atomic E-state index is 0.0670. The number of likely N-dealkylation sites (N-methyl/N-ethyl adjacent to an activating group) is 4. The van der Waals surface area contributed by atoms with Crippen LogP contribution in [-0.4, -0.2) is 83.5 Å². The van der Waals surface area contributed by atoms with Gasteiger partial charge in [-0.2, -0.15) is 0 Å². The number of thiophene rings is 2. The van der Waals surface area contributed by atoms with Crippen LogP contribution in [0, 0.1) is 6.92 Å². The number of carbonyl (C=O) groups is 6. The Kier molecular flexibility index (Phi) is 7.05. The Morgan fingerprint density at radius 2 is 1.07 bits per heavy atom. The van der Waals surface area contributed by atoms with Crippen LogP contribution < -0.4 is 0 Å². The molecule has 0 aliphatic carbocycles. The molecule has 3 aromatic rings. The predicted molar refractivity (Wildman–Crippen MR) is 156 cm³/mol. The molecule has 0 bridgehead atoms. The molecule has 12 heteroatoms. The van der Waals surface area contributed by atoms with Gasteiger partial charge in [-0.05, 0) is 54.0 Å². The van der Waals surface area contributed by atoms with Crippen LogP contribution in [0.25, 0.3) is 32.3 Å². The second-order valence-electron chi connectivity index (χ2n) is 9.58. The first-order valence-corrected chi connectivity index (χ1v) is 14.0. The summed E-state index contributed by atoms with van der Waals surface area (Å²) in [6, 6.07) is 11.9. The Morgan fingerprint density at radius 3 is 1.59 bits per heavy atom. The molecule has 8 amide bonds. The van der Waals surface area contributed by atoms with Crippen molar-refractivity contribution in [1.29, 1.82) is 0 Å². The van der Waals surface area contributed by atoms with Crippen LogP contribution in [0.5, 0.6) is 0 Å². The lowest BCUT2D eigenvalue weighted by molar-refractivity contribution is -0.135. The van der Waals surface area contributed by atoms with Crippen LogP contribution >= 0.6 is 22.7 Å². The van der Waals surface area contributed by atoms with Crippen LogP contribution in [0.2, 0.25) is 0 Å². The van der Waals surface area contributed by atoms with Crippen molar-refractivity contribution >= 4 is 70.5 Å². The zero-order chi connectivity index (χ0) is 29.7. The number of nitrogens with zero attached hydrogens (tertiary/aromatic N) is 4. The summed E-state index contributed by atoms with van der Waals surface area (Å²) < 4.78 is 0. The Labute approximate surface area is 243 Å². The third-order valence-corrected chi connectivity index (χ3v) is 9.36. The second kappa shape index (κ2) is 10.4. The molecule has 0 saturated carbocycles. The molecule has 2 saturated heterocycles. The summed E-state index contributed by atoms with van der Waals surface area (Å²) in [7, 11) is 5.36. The van der Waals surface area contributed by atoms with E-state index in [1.54, 1.807) is 11.3 Å². The lowest BCUT2D eigenvalue weighted by Crippen LogP contribution is -2.52. The average Bonchev–Trinajstić information content (AvgIpc) is 3.60. The summed E-state index contributed by atoms with van der Waals surface area (Å²) in [6.45, 7) is 2.01. The van der Waals surface area contributed by atoms with E-state index in [2.05, 4.69) is 6.07 Å². The monoisotopic (exact) mass is 588 g/mol. The van der Waals surface area contributed by atoms with Gasteiger partial charge in [0.2, 0.25) is 0 Å². The molecule has 0 atom stereocenters. The summed E-state index contributed by atoms with van der Waals surface area (Å²) in [5, 5.41) is 0. The fourth-order valence-corrected chi connectivity index (χ4v) is 6.65. The van der Waals surface area contributed by atoms with Gasteiger partial charge >= 0.3 is 12.1 Å². The van der Waals surface area contributed by atoms with Crippen LogP contribution in [0.4, 0.5) is 9.59 Å². The lowest BCUT2D eigenvalue weighted by atomic mass is 10.0. The zero-order valence-corrected chi connectivity index (χ0v) is 24.4. The zero-order valence-electron chi connectivity index (χ0n) is 22.8. The number of hydrogen-bond donors (Lipinski definition) is 0. The number of imide groups is 4. The van der Waals surface area contributed by atoms with E-state index in [4.69, 9.17) is 0 Å². The highest BCUT2D eigenvalue weighted by Gasteiger charge is 2.38. The van der Waals surface area contributed by atoms with E-state index in [1.165, 1.54) is 51.7 Å². The maximum Gasteiger partial charge on any atom is 0.333 e. The van der Waals surface area contributed by atoms with Crippen molar-refractivity contribution in [2.45, 2.75) is 6.92 Å². The molecule has 41 heavy (non-hydrogen) atoms. The van der Waals surface area contributed by atoms with E-state index in [9.17, 15) is 28.8 Å². The number of barbiturate groups is 2. The Balaban J connectivity index is 1.38. The SMILES string of the molecule is Cc1cc(-c2ccc(C=C3C(=O)N(C)C(=O)N(C)C3=O)s2)sc1-c1ccc(C=C2C(=O)N(C)C(=O)N(C)C2=O)cc1. The summed E-state index contributed by atoms with van der Waals surface area (Å²) in [5.74, 6) is -2.55. The largest absolute Gasteiger partial charge is 0.333 e. The van der Waals surface area contributed by atoms with Crippen molar-refractivity contribution in [3.63, 3.8) is 0 Å². The fraction of sp³-hybridized carbons (Fsp3) is 0.172. The molecule has 0 spiro atoms. The number of aryl methyl sites for hydroxylation is 1. The van der Waals surface area contributed by atoms with Crippen LogP contribution in [0.15, 0.2) is 53.6 Å². The summed E-state index contributed by atoms with van der Waals surface area (Å²) in [4.78, 5) is 81.4. The molecule has 2 fully saturated rings. The first kappa shape index (κ1) is 27.9. The quantitative estimate of drug-likeness (QED) is 0.331. The molecule has 4 heterocycles. The number of hydrogen-bond acceptors (Lipinski definition) is 8. The molecular formula is C29H24N4O6S2. The molecule has 0 N–H and O–H groups in total. The third-order valence-electron chi connectivity index (χ3n) is 6.85. The lowest BCUT2D eigenvalue weighted by Gasteiger charge is -2.28. The van der Waals surface area contributed by atoms with Crippen molar-refractivity contribution in [1.82, 2.24) is 19.6 Å². The molecule has 2 aliphatic rings. The molecule has 1 aromatic carbocycles. The molecule has 208 valence electrons. The average molecular weight is 589 g/mol. The van der Waals surface area contributed by atoms with E-state index < -0.39 is 35.7 Å². The van der Waals surface area contributed by atoms with E-state index in [0.29, 0.717) is 10.4 Å². The van der Waals surface area contributed by atoms with Gasteiger partial charge in [0.15, 0.2) is 0 Å². The van der Waals surface area contributed by atoms with Gasteiger partial charge in [0.1, 0.15) is 11.1 Å². The first-order chi connectivity index (χ1) is 19.4. The first-order valence-electron chi connectivity index (χ1n) is 12.3. The highest BCUT2D eigenvalue weighted by molar-refractivity contribution is 7.24. The van der Waals surface area contributed by atoms with Crippen LogP contribution in [0.3, 0.4) is 0 Å². The Morgan fingerprint density at radius 1 is 0.585 bits per heavy atom. The number of benzene rings is 1. The number of carbonyl (C=O) groups excluding carboxylic acids is 6. The van der Waals surface area contributed by atoms with Gasteiger partial charge in [-0.25, -0.2) is 9.59 Å².